The van der Waals surface area contributed by atoms with E-state index in [4.69, 9.17) is 4.74 Å². The molecule has 142 valence electrons. The van der Waals surface area contributed by atoms with Gasteiger partial charge in [0.05, 0.1) is 18.4 Å². The summed E-state index contributed by atoms with van der Waals surface area (Å²) in [7, 11) is 1.31. The van der Waals surface area contributed by atoms with E-state index in [1.54, 1.807) is 30.6 Å². The second-order valence-electron chi connectivity index (χ2n) is 5.77. The Morgan fingerprint density at radius 2 is 1.82 bits per heavy atom. The van der Waals surface area contributed by atoms with Crippen molar-refractivity contribution in [3.05, 3.63) is 60.6 Å². The summed E-state index contributed by atoms with van der Waals surface area (Å²) in [5.41, 5.74) is 0.627. The number of aromatic nitrogens is 5. The fourth-order valence-corrected chi connectivity index (χ4v) is 2.71. The number of methoxy groups -OCH3 is 1. The lowest BCUT2D eigenvalue weighted by molar-refractivity contribution is -0.137. The van der Waals surface area contributed by atoms with Gasteiger partial charge >= 0.3 is 6.18 Å². The van der Waals surface area contributed by atoms with Crippen LogP contribution in [0.15, 0.2) is 55.0 Å². The molecule has 4 aromatic rings. The third-order valence-corrected chi connectivity index (χ3v) is 3.96. The van der Waals surface area contributed by atoms with Crippen LogP contribution in [0.1, 0.15) is 5.56 Å². The number of anilines is 2. The van der Waals surface area contributed by atoms with Gasteiger partial charge in [0.2, 0.25) is 5.95 Å². The first-order valence-corrected chi connectivity index (χ1v) is 8.10. The minimum atomic E-state index is -4.53. The van der Waals surface area contributed by atoms with Crippen LogP contribution < -0.4 is 10.1 Å². The summed E-state index contributed by atoms with van der Waals surface area (Å²) >= 11 is 0. The highest BCUT2D eigenvalue weighted by molar-refractivity contribution is 5.89. The van der Waals surface area contributed by atoms with Crippen LogP contribution in [-0.2, 0) is 6.18 Å². The minimum absolute atomic E-state index is 0.0664. The summed E-state index contributed by atoms with van der Waals surface area (Å²) in [5, 5.41) is 11.5. The highest BCUT2D eigenvalue weighted by Crippen LogP contribution is 2.38. The minimum Gasteiger partial charge on any atom is -0.497 e. The highest BCUT2D eigenvalue weighted by Gasteiger charge is 2.32. The standard InChI is InChI=1S/C18H13F3N6O/c1-28-13-9-11(8-12(10-13)18(19,20)21)15-16(25-17-22-5-3-6-23-17)14-4-2-7-24-27(14)26-15/h2-10H,1H3,(H,22,23,25). The fraction of sp³-hybridized carbons (Fsp3) is 0.111. The number of hydrogen-bond donors (Lipinski definition) is 1. The van der Waals surface area contributed by atoms with Crippen LogP contribution in [0.25, 0.3) is 16.8 Å². The van der Waals surface area contributed by atoms with Crippen LogP contribution in [-0.4, -0.2) is 31.9 Å². The number of alkyl halides is 3. The number of rotatable bonds is 4. The van der Waals surface area contributed by atoms with Crippen LogP contribution >= 0.6 is 0 Å². The molecule has 4 rings (SSSR count). The molecule has 0 aliphatic rings. The van der Waals surface area contributed by atoms with Crippen LogP contribution in [0, 0.1) is 0 Å². The maximum absolute atomic E-state index is 13.3. The van der Waals surface area contributed by atoms with Crippen LogP contribution in [0.2, 0.25) is 0 Å². The smallest absolute Gasteiger partial charge is 0.416 e. The largest absolute Gasteiger partial charge is 0.497 e. The van der Waals surface area contributed by atoms with Crippen molar-refractivity contribution in [2.45, 2.75) is 6.18 Å². The highest BCUT2D eigenvalue weighted by atomic mass is 19.4. The van der Waals surface area contributed by atoms with Gasteiger partial charge in [-0.1, -0.05) is 0 Å². The number of nitrogens with zero attached hydrogens (tertiary/aromatic N) is 5. The molecule has 1 aromatic carbocycles. The third-order valence-electron chi connectivity index (χ3n) is 3.96. The van der Waals surface area contributed by atoms with E-state index in [2.05, 4.69) is 25.5 Å². The molecule has 3 heterocycles. The molecule has 28 heavy (non-hydrogen) atoms. The number of benzene rings is 1. The van der Waals surface area contributed by atoms with Gasteiger partial charge in [-0.05, 0) is 36.4 Å². The molecule has 10 heteroatoms. The van der Waals surface area contributed by atoms with Crippen molar-refractivity contribution >= 4 is 17.2 Å². The zero-order valence-electron chi connectivity index (χ0n) is 14.5. The molecule has 0 saturated carbocycles. The first-order valence-electron chi connectivity index (χ1n) is 8.10. The van der Waals surface area contributed by atoms with E-state index in [1.807, 2.05) is 0 Å². The molecule has 0 amide bonds. The van der Waals surface area contributed by atoms with Crippen molar-refractivity contribution in [2.75, 3.05) is 12.4 Å². The Bertz CT molecular complexity index is 1130. The van der Waals surface area contributed by atoms with Crippen molar-refractivity contribution in [3.8, 4) is 17.0 Å². The molecule has 0 fully saturated rings. The van der Waals surface area contributed by atoms with Crippen LogP contribution in [0.5, 0.6) is 5.75 Å². The fourth-order valence-electron chi connectivity index (χ4n) is 2.71. The molecule has 1 N–H and O–H groups in total. The second kappa shape index (κ2) is 6.80. The van der Waals surface area contributed by atoms with Crippen molar-refractivity contribution in [3.63, 3.8) is 0 Å². The summed E-state index contributed by atoms with van der Waals surface area (Å²) in [6.45, 7) is 0. The Balaban J connectivity index is 1.93. The number of fused-ring (bicyclic) bond motifs is 1. The molecule has 0 aliphatic carbocycles. The summed E-state index contributed by atoms with van der Waals surface area (Å²) in [4.78, 5) is 8.20. The number of nitrogens with one attached hydrogen (secondary N) is 1. The Hall–Kier alpha value is -3.69. The first-order chi connectivity index (χ1) is 13.5. The SMILES string of the molecule is COc1cc(-c2nn3ncccc3c2Nc2ncccn2)cc(C(F)(F)F)c1. The van der Waals surface area contributed by atoms with E-state index in [1.165, 1.54) is 24.0 Å². The van der Waals surface area contributed by atoms with E-state index >= 15 is 0 Å². The number of halogens is 3. The van der Waals surface area contributed by atoms with Crippen LogP contribution in [0.3, 0.4) is 0 Å². The lowest BCUT2D eigenvalue weighted by Crippen LogP contribution is -2.06. The Kier molecular flexibility index (Phi) is 4.30. The predicted molar refractivity (Wildman–Crippen MR) is 95.3 cm³/mol. The molecule has 0 saturated heterocycles. The zero-order chi connectivity index (χ0) is 19.7. The molecular weight excluding hydrogens is 373 g/mol. The number of hydrogen-bond acceptors (Lipinski definition) is 6. The van der Waals surface area contributed by atoms with Gasteiger partial charge in [0.1, 0.15) is 17.0 Å². The average molecular weight is 386 g/mol. The summed E-state index contributed by atoms with van der Waals surface area (Å²) in [6, 6.07) is 8.52. The van der Waals surface area contributed by atoms with Gasteiger partial charge < -0.3 is 10.1 Å². The molecule has 0 bridgehead atoms. The molecular formula is C18H13F3N6O. The molecule has 0 radical (unpaired) electrons. The quantitative estimate of drug-likeness (QED) is 0.572. The van der Waals surface area contributed by atoms with Gasteiger partial charge in [0.15, 0.2) is 0 Å². The van der Waals surface area contributed by atoms with Crippen LogP contribution in [0.4, 0.5) is 24.8 Å². The molecule has 7 nitrogen and oxygen atoms in total. The maximum Gasteiger partial charge on any atom is 0.416 e. The monoisotopic (exact) mass is 386 g/mol. The van der Waals surface area contributed by atoms with Gasteiger partial charge in [0, 0.05) is 24.2 Å². The van der Waals surface area contributed by atoms with Crippen molar-refractivity contribution in [1.82, 2.24) is 24.8 Å². The maximum atomic E-state index is 13.3. The van der Waals surface area contributed by atoms with E-state index in [0.717, 1.165) is 12.1 Å². The normalized spacial score (nSPS) is 11.6. The number of ether oxygens (including phenoxy) is 1. The van der Waals surface area contributed by atoms with Crippen molar-refractivity contribution < 1.29 is 17.9 Å². The van der Waals surface area contributed by atoms with E-state index in [0.29, 0.717) is 11.2 Å². The Morgan fingerprint density at radius 1 is 1.04 bits per heavy atom. The summed E-state index contributed by atoms with van der Waals surface area (Å²) in [5.74, 6) is 0.346. The summed E-state index contributed by atoms with van der Waals surface area (Å²) in [6.07, 6.45) is 0.0919. The average Bonchev–Trinajstić information content (AvgIpc) is 3.06. The zero-order valence-corrected chi connectivity index (χ0v) is 14.5. The lowest BCUT2D eigenvalue weighted by Gasteiger charge is -2.12. The molecule has 0 aliphatic heterocycles. The molecule has 0 unspecified atom stereocenters. The van der Waals surface area contributed by atoms with Gasteiger partial charge in [0.25, 0.3) is 0 Å². The third kappa shape index (κ3) is 3.31. The molecule has 0 spiro atoms. The van der Waals surface area contributed by atoms with Crippen molar-refractivity contribution in [1.29, 1.82) is 0 Å². The van der Waals surface area contributed by atoms with Gasteiger partial charge in [-0.15, -0.1) is 9.73 Å². The van der Waals surface area contributed by atoms with E-state index < -0.39 is 11.7 Å². The van der Waals surface area contributed by atoms with Gasteiger partial charge in [-0.25, -0.2) is 9.97 Å². The van der Waals surface area contributed by atoms with E-state index in [9.17, 15) is 13.2 Å². The molecule has 3 aromatic heterocycles. The van der Waals surface area contributed by atoms with Crippen molar-refractivity contribution in [2.24, 2.45) is 0 Å². The predicted octanol–water partition coefficient (Wildman–Crippen LogP) is 3.96. The molecule has 0 atom stereocenters. The lowest BCUT2D eigenvalue weighted by atomic mass is 10.1. The van der Waals surface area contributed by atoms with Gasteiger partial charge in [-0.2, -0.15) is 18.3 Å². The Morgan fingerprint density at radius 3 is 2.54 bits per heavy atom. The summed E-state index contributed by atoms with van der Waals surface area (Å²) < 4.78 is 46.3. The second-order valence-corrected chi connectivity index (χ2v) is 5.77. The van der Waals surface area contributed by atoms with E-state index in [-0.39, 0.29) is 23.0 Å². The first kappa shape index (κ1) is 17.7. The van der Waals surface area contributed by atoms with Gasteiger partial charge in [-0.3, -0.25) is 0 Å². The Labute approximate surface area is 156 Å². The topological polar surface area (TPSA) is 77.2 Å².